The van der Waals surface area contributed by atoms with Crippen molar-refractivity contribution >= 4 is 11.7 Å². The first-order chi connectivity index (χ1) is 11.0. The predicted octanol–water partition coefficient (Wildman–Crippen LogP) is 4.84. The van der Waals surface area contributed by atoms with Gasteiger partial charge in [0, 0.05) is 5.71 Å². The second-order valence-corrected chi connectivity index (χ2v) is 6.26. The van der Waals surface area contributed by atoms with E-state index >= 15 is 0 Å². The lowest BCUT2D eigenvalue weighted by Crippen LogP contribution is -2.12. The normalized spacial score (nSPS) is 17.6. The second-order valence-electron chi connectivity index (χ2n) is 6.26. The van der Waals surface area contributed by atoms with Crippen LogP contribution in [0.1, 0.15) is 45.6 Å². The van der Waals surface area contributed by atoms with Crippen molar-refractivity contribution in [1.82, 2.24) is 0 Å². The van der Waals surface area contributed by atoms with Crippen molar-refractivity contribution in [2.45, 2.75) is 46.6 Å². The van der Waals surface area contributed by atoms with Crippen LogP contribution in [0.2, 0.25) is 0 Å². The molecule has 122 valence electrons. The summed E-state index contributed by atoms with van der Waals surface area (Å²) < 4.78 is 5.47. The molecule has 0 aromatic heterocycles. The summed E-state index contributed by atoms with van der Waals surface area (Å²) in [7, 11) is 0. The van der Waals surface area contributed by atoms with Crippen LogP contribution in [0.25, 0.3) is 0 Å². The Morgan fingerprint density at radius 3 is 2.52 bits per heavy atom. The van der Waals surface area contributed by atoms with Crippen LogP contribution in [-0.2, 0) is 16.1 Å². The van der Waals surface area contributed by atoms with Crippen LogP contribution in [-0.4, -0.2) is 11.7 Å². The van der Waals surface area contributed by atoms with Gasteiger partial charge in [0.25, 0.3) is 0 Å². The molecule has 3 nitrogen and oxygen atoms in total. The number of esters is 1. The minimum Gasteiger partial charge on any atom is -0.456 e. The highest BCUT2D eigenvalue weighted by Gasteiger charge is 2.20. The molecule has 0 radical (unpaired) electrons. The Morgan fingerprint density at radius 1 is 1.26 bits per heavy atom. The molecule has 0 heterocycles. The van der Waals surface area contributed by atoms with Crippen LogP contribution in [0, 0.1) is 5.92 Å². The Morgan fingerprint density at radius 2 is 1.96 bits per heavy atom. The average molecular weight is 311 g/mol. The van der Waals surface area contributed by atoms with Crippen LogP contribution >= 0.6 is 0 Å². The molecule has 1 aromatic carbocycles. The number of hydrogen-bond acceptors (Lipinski definition) is 3. The maximum absolute atomic E-state index is 12.5. The van der Waals surface area contributed by atoms with E-state index in [2.05, 4.69) is 25.4 Å². The number of carbonyl (C=O) groups excluding carboxylic acids is 1. The zero-order valence-electron chi connectivity index (χ0n) is 14.3. The first-order valence-electron chi connectivity index (χ1n) is 8.16. The largest absolute Gasteiger partial charge is 0.456 e. The highest BCUT2D eigenvalue weighted by molar-refractivity contribution is 6.04. The van der Waals surface area contributed by atoms with Gasteiger partial charge in [0.05, 0.1) is 0 Å². The molecule has 1 fully saturated rings. The summed E-state index contributed by atoms with van der Waals surface area (Å²) in [6.45, 7) is 10.4. The molecular formula is C20H25NO2. The fourth-order valence-corrected chi connectivity index (χ4v) is 2.42. The molecule has 1 saturated carbocycles. The number of nitrogens with zero attached hydrogens (tertiary/aromatic N) is 1. The summed E-state index contributed by atoms with van der Waals surface area (Å²) in [6.07, 6.45) is 2.91. The van der Waals surface area contributed by atoms with Gasteiger partial charge in [-0.3, -0.25) is 0 Å². The summed E-state index contributed by atoms with van der Waals surface area (Å²) >= 11 is 0. The molecule has 1 aromatic rings. The van der Waals surface area contributed by atoms with Crippen molar-refractivity contribution in [2.24, 2.45) is 10.9 Å². The van der Waals surface area contributed by atoms with Gasteiger partial charge in [-0.2, -0.15) is 0 Å². The van der Waals surface area contributed by atoms with E-state index in [0.29, 0.717) is 5.70 Å². The second kappa shape index (κ2) is 7.91. The minimum absolute atomic E-state index is 0.244. The Hall–Kier alpha value is -2.16. The molecule has 0 N–H and O–H groups in total. The highest BCUT2D eigenvalue weighted by Crippen LogP contribution is 2.24. The van der Waals surface area contributed by atoms with E-state index in [-0.39, 0.29) is 18.5 Å². The molecule has 3 heteroatoms. The van der Waals surface area contributed by atoms with E-state index < -0.39 is 0 Å². The van der Waals surface area contributed by atoms with Gasteiger partial charge < -0.3 is 4.74 Å². The van der Waals surface area contributed by atoms with Crippen LogP contribution in [0.5, 0.6) is 0 Å². The molecular weight excluding hydrogens is 286 g/mol. The monoisotopic (exact) mass is 311 g/mol. The van der Waals surface area contributed by atoms with Crippen molar-refractivity contribution in [2.75, 3.05) is 0 Å². The molecule has 0 aliphatic heterocycles. The van der Waals surface area contributed by atoms with Gasteiger partial charge >= 0.3 is 5.97 Å². The molecule has 1 aliphatic rings. The molecule has 23 heavy (non-hydrogen) atoms. The van der Waals surface area contributed by atoms with E-state index in [0.717, 1.165) is 41.7 Å². The van der Waals surface area contributed by atoms with Gasteiger partial charge in [-0.1, -0.05) is 50.8 Å². The summed E-state index contributed by atoms with van der Waals surface area (Å²) in [5.74, 6) is -0.111. The fraction of sp³-hybridized carbons (Fsp3) is 0.400. The predicted molar refractivity (Wildman–Crippen MR) is 94.2 cm³/mol. The van der Waals surface area contributed by atoms with Crippen molar-refractivity contribution < 1.29 is 9.53 Å². The highest BCUT2D eigenvalue weighted by atomic mass is 16.5. The summed E-state index contributed by atoms with van der Waals surface area (Å²) in [5, 5.41) is 0. The molecule has 1 aliphatic carbocycles. The van der Waals surface area contributed by atoms with Gasteiger partial charge in [0.2, 0.25) is 0 Å². The summed E-state index contributed by atoms with van der Waals surface area (Å²) in [6, 6.07) is 9.69. The van der Waals surface area contributed by atoms with Gasteiger partial charge in [-0.05, 0) is 48.8 Å². The number of rotatable bonds is 5. The fourth-order valence-electron chi connectivity index (χ4n) is 2.42. The third-order valence-electron chi connectivity index (χ3n) is 4.19. The van der Waals surface area contributed by atoms with Crippen molar-refractivity contribution in [3.8, 4) is 0 Å². The average Bonchev–Trinajstić information content (AvgIpc) is 2.95. The van der Waals surface area contributed by atoms with Crippen LogP contribution in [0.3, 0.4) is 0 Å². The Labute approximate surface area is 138 Å². The van der Waals surface area contributed by atoms with Gasteiger partial charge in [-0.25, -0.2) is 9.79 Å². The molecule has 0 bridgehead atoms. The molecule has 2 rings (SSSR count). The lowest BCUT2D eigenvalue weighted by molar-refractivity contribution is -0.140. The van der Waals surface area contributed by atoms with E-state index in [1.165, 1.54) is 0 Å². The third kappa shape index (κ3) is 4.65. The van der Waals surface area contributed by atoms with E-state index in [4.69, 9.17) is 4.74 Å². The Balaban J connectivity index is 2.19. The Kier molecular flexibility index (Phi) is 5.91. The molecule has 0 spiro atoms. The number of hydrogen-bond donors (Lipinski definition) is 0. The number of aliphatic imine (C=N–C) groups is 1. The van der Waals surface area contributed by atoms with Crippen LogP contribution in [0.4, 0.5) is 0 Å². The summed E-state index contributed by atoms with van der Waals surface area (Å²) in [4.78, 5) is 17.2. The molecule has 0 unspecified atom stereocenters. The standard InChI is InChI=1S/C20H25NO2/c1-14(2)16(4)19(21-18-12-8-9-15(18)3)20(22)23-13-17-10-6-5-7-11-17/h5-7,10-11,14H,3,8-9,12-13H2,1-2,4H3/b19-16+,21-18-. The van der Waals surface area contributed by atoms with E-state index in [1.807, 2.05) is 37.3 Å². The van der Waals surface area contributed by atoms with Crippen molar-refractivity contribution in [3.63, 3.8) is 0 Å². The first kappa shape index (κ1) is 17.2. The number of carbonyl (C=O) groups is 1. The van der Waals surface area contributed by atoms with Crippen LogP contribution < -0.4 is 0 Å². The minimum atomic E-state index is -0.354. The lowest BCUT2D eigenvalue weighted by Gasteiger charge is -2.12. The molecule has 0 atom stereocenters. The molecule has 0 amide bonds. The van der Waals surface area contributed by atoms with Gasteiger partial charge in [-0.15, -0.1) is 0 Å². The maximum Gasteiger partial charge on any atom is 0.357 e. The molecule has 0 saturated heterocycles. The smallest absolute Gasteiger partial charge is 0.357 e. The summed E-state index contributed by atoms with van der Waals surface area (Å²) in [5.41, 5.74) is 4.34. The van der Waals surface area contributed by atoms with Crippen LogP contribution in [0.15, 0.2) is 58.7 Å². The van der Waals surface area contributed by atoms with Crippen molar-refractivity contribution in [3.05, 3.63) is 59.3 Å². The SMILES string of the molecule is C=C1CCC/C1=N/C(C(=O)OCc1ccccc1)=C(\C)C(C)C. The number of benzene rings is 1. The third-order valence-corrected chi connectivity index (χ3v) is 4.19. The zero-order valence-corrected chi connectivity index (χ0v) is 14.3. The number of allylic oxidation sites excluding steroid dienone is 2. The van der Waals surface area contributed by atoms with Gasteiger partial charge in [0.15, 0.2) is 0 Å². The zero-order chi connectivity index (χ0) is 16.8. The first-order valence-corrected chi connectivity index (χ1v) is 8.16. The van der Waals surface area contributed by atoms with E-state index in [1.54, 1.807) is 0 Å². The van der Waals surface area contributed by atoms with E-state index in [9.17, 15) is 4.79 Å². The topological polar surface area (TPSA) is 38.7 Å². The maximum atomic E-state index is 12.5. The Bertz CT molecular complexity index is 639. The quantitative estimate of drug-likeness (QED) is 0.576. The lowest BCUT2D eigenvalue weighted by atomic mass is 10.0. The van der Waals surface area contributed by atoms with Gasteiger partial charge in [0.1, 0.15) is 12.3 Å². The van der Waals surface area contributed by atoms with Crippen molar-refractivity contribution in [1.29, 1.82) is 0 Å². The number of ether oxygens (including phenoxy) is 1.